The van der Waals surface area contributed by atoms with Gasteiger partial charge >= 0.3 is 5.97 Å². The summed E-state index contributed by atoms with van der Waals surface area (Å²) in [6.07, 6.45) is -2.13. The number of ketones is 2. The van der Waals surface area contributed by atoms with Crippen LogP contribution in [0, 0.1) is 0 Å². The van der Waals surface area contributed by atoms with E-state index in [0.29, 0.717) is 0 Å². The highest BCUT2D eigenvalue weighted by atomic mass is 16.6. The molecule has 0 radical (unpaired) electrons. The van der Waals surface area contributed by atoms with Crippen LogP contribution in [0.2, 0.25) is 0 Å². The Balaban J connectivity index is 2.26. The zero-order valence-corrected chi connectivity index (χ0v) is 14.2. The Bertz CT molecular complexity index is 921. The fraction of sp³-hybridized carbons (Fsp3) is 0.211. The molecule has 1 aliphatic heterocycles. The maximum Gasteiger partial charge on any atom is 0.379 e. The van der Waals surface area contributed by atoms with Crippen molar-refractivity contribution in [2.24, 2.45) is 0 Å². The molecule has 0 bridgehead atoms. The fourth-order valence-corrected chi connectivity index (χ4v) is 3.02. The van der Waals surface area contributed by atoms with Crippen molar-refractivity contribution in [2.45, 2.75) is 18.6 Å². The summed E-state index contributed by atoms with van der Waals surface area (Å²) in [6.45, 7) is 1.40. The molecule has 3 rings (SSSR count). The van der Waals surface area contributed by atoms with Crippen LogP contribution in [-0.4, -0.2) is 45.6 Å². The van der Waals surface area contributed by atoms with E-state index in [1.54, 1.807) is 6.07 Å². The van der Waals surface area contributed by atoms with E-state index >= 15 is 0 Å². The molecule has 1 heterocycles. The van der Waals surface area contributed by atoms with Crippen LogP contribution in [0.15, 0.2) is 42.5 Å². The standard InChI is InChI=1S/C19H16O8/c1-2-26-18(25)17(24)19(10-6-4-3-5-7-10)16(23)15(22)14-12(21)8-11(20)9-13(14)27-19/h3-9,16,20-21,23H,2H2,1H3. The lowest BCUT2D eigenvalue weighted by atomic mass is 9.78. The van der Waals surface area contributed by atoms with Gasteiger partial charge in [0.15, 0.2) is 6.10 Å². The average molecular weight is 372 g/mol. The number of phenolic OH excluding ortho intramolecular Hbond substituents is 2. The quantitative estimate of drug-likeness (QED) is 0.536. The minimum Gasteiger partial charge on any atom is -0.508 e. The number of Topliss-reactive ketones (excluding diaryl/α,β-unsaturated/α-hetero) is 2. The molecule has 0 amide bonds. The zero-order valence-electron chi connectivity index (χ0n) is 14.2. The smallest absolute Gasteiger partial charge is 0.379 e. The van der Waals surface area contributed by atoms with Gasteiger partial charge in [-0.2, -0.15) is 0 Å². The third-order valence-electron chi connectivity index (χ3n) is 4.22. The molecule has 3 N–H and O–H groups in total. The second kappa shape index (κ2) is 6.73. The first-order chi connectivity index (χ1) is 12.8. The van der Waals surface area contributed by atoms with Gasteiger partial charge in [0.25, 0.3) is 5.78 Å². The number of carbonyl (C=O) groups is 3. The highest BCUT2D eigenvalue weighted by molar-refractivity contribution is 6.38. The van der Waals surface area contributed by atoms with E-state index in [0.717, 1.165) is 12.1 Å². The molecule has 2 unspecified atom stereocenters. The number of aromatic hydroxyl groups is 2. The largest absolute Gasteiger partial charge is 0.508 e. The van der Waals surface area contributed by atoms with Gasteiger partial charge in [0.05, 0.1) is 6.61 Å². The number of aliphatic hydroxyl groups excluding tert-OH is 1. The summed E-state index contributed by atoms with van der Waals surface area (Å²) < 4.78 is 10.4. The molecule has 0 saturated carbocycles. The van der Waals surface area contributed by atoms with E-state index < -0.39 is 46.3 Å². The maximum absolute atomic E-state index is 12.9. The summed E-state index contributed by atoms with van der Waals surface area (Å²) in [5.74, 6) is -5.01. The predicted molar refractivity (Wildman–Crippen MR) is 90.5 cm³/mol. The summed E-state index contributed by atoms with van der Waals surface area (Å²) in [5.41, 5.74) is -2.78. The lowest BCUT2D eigenvalue weighted by Crippen LogP contribution is -2.59. The molecular formula is C19H16O8. The first-order valence-electron chi connectivity index (χ1n) is 8.07. The third kappa shape index (κ3) is 2.80. The molecule has 1 aliphatic rings. The summed E-state index contributed by atoms with van der Waals surface area (Å²) in [4.78, 5) is 37.8. The number of aliphatic hydroxyl groups is 1. The molecule has 140 valence electrons. The van der Waals surface area contributed by atoms with Crippen LogP contribution in [0.3, 0.4) is 0 Å². The molecule has 2 aromatic rings. The number of carbonyl (C=O) groups excluding carboxylic acids is 3. The van der Waals surface area contributed by atoms with Crippen molar-refractivity contribution in [3.63, 3.8) is 0 Å². The SMILES string of the molecule is CCOC(=O)C(=O)C1(c2ccccc2)Oc2cc(O)cc(O)c2C(=O)C1O. The zero-order chi connectivity index (χ0) is 19.8. The number of phenols is 2. The van der Waals surface area contributed by atoms with Crippen molar-refractivity contribution in [3.8, 4) is 17.2 Å². The lowest BCUT2D eigenvalue weighted by molar-refractivity contribution is -0.166. The number of ether oxygens (including phenoxy) is 2. The van der Waals surface area contributed by atoms with E-state index in [1.807, 2.05) is 0 Å². The summed E-state index contributed by atoms with van der Waals surface area (Å²) in [5, 5.41) is 30.3. The van der Waals surface area contributed by atoms with Crippen LogP contribution in [0.5, 0.6) is 17.2 Å². The molecule has 27 heavy (non-hydrogen) atoms. The van der Waals surface area contributed by atoms with E-state index in [-0.39, 0.29) is 17.9 Å². The Morgan fingerprint density at radius 3 is 2.48 bits per heavy atom. The molecule has 8 heteroatoms. The molecule has 0 spiro atoms. The van der Waals surface area contributed by atoms with Gasteiger partial charge < -0.3 is 24.8 Å². The monoisotopic (exact) mass is 372 g/mol. The van der Waals surface area contributed by atoms with Gasteiger partial charge in [0, 0.05) is 17.7 Å². The van der Waals surface area contributed by atoms with E-state index in [1.165, 1.54) is 31.2 Å². The van der Waals surface area contributed by atoms with Crippen LogP contribution in [-0.2, 0) is 19.9 Å². The van der Waals surface area contributed by atoms with E-state index in [2.05, 4.69) is 0 Å². The summed E-state index contributed by atoms with van der Waals surface area (Å²) >= 11 is 0. The summed E-state index contributed by atoms with van der Waals surface area (Å²) in [7, 11) is 0. The van der Waals surface area contributed by atoms with Crippen LogP contribution in [0.1, 0.15) is 22.8 Å². The van der Waals surface area contributed by atoms with Gasteiger partial charge in [-0.25, -0.2) is 4.79 Å². The molecule has 2 atom stereocenters. The van der Waals surface area contributed by atoms with Crippen LogP contribution in [0.25, 0.3) is 0 Å². The molecule has 2 aromatic carbocycles. The third-order valence-corrected chi connectivity index (χ3v) is 4.22. The topological polar surface area (TPSA) is 130 Å². The van der Waals surface area contributed by atoms with Gasteiger partial charge in [-0.1, -0.05) is 30.3 Å². The van der Waals surface area contributed by atoms with Crippen molar-refractivity contribution in [2.75, 3.05) is 6.61 Å². The normalized spacial score (nSPS) is 21.1. The van der Waals surface area contributed by atoms with Gasteiger partial charge in [0.2, 0.25) is 11.4 Å². The number of fused-ring (bicyclic) bond motifs is 1. The molecule has 8 nitrogen and oxygen atoms in total. The maximum atomic E-state index is 12.9. The Kier molecular flexibility index (Phi) is 4.59. The average Bonchev–Trinajstić information content (AvgIpc) is 2.64. The van der Waals surface area contributed by atoms with Gasteiger partial charge in [0.1, 0.15) is 22.8 Å². The molecule has 0 fully saturated rings. The Morgan fingerprint density at radius 1 is 1.19 bits per heavy atom. The molecule has 0 aromatic heterocycles. The van der Waals surface area contributed by atoms with E-state index in [9.17, 15) is 29.7 Å². The fourth-order valence-electron chi connectivity index (χ4n) is 3.02. The number of hydrogen-bond acceptors (Lipinski definition) is 8. The minimum absolute atomic E-state index is 0.0392. The van der Waals surface area contributed by atoms with Gasteiger partial charge in [-0.3, -0.25) is 9.59 Å². The highest BCUT2D eigenvalue weighted by Gasteiger charge is 2.59. The lowest BCUT2D eigenvalue weighted by Gasteiger charge is -2.39. The van der Waals surface area contributed by atoms with Crippen LogP contribution in [0.4, 0.5) is 0 Å². The Morgan fingerprint density at radius 2 is 1.85 bits per heavy atom. The van der Waals surface area contributed by atoms with Crippen molar-refractivity contribution in [3.05, 3.63) is 53.6 Å². The number of hydrogen-bond donors (Lipinski definition) is 3. The second-order valence-electron chi connectivity index (χ2n) is 5.86. The molecular weight excluding hydrogens is 356 g/mol. The van der Waals surface area contributed by atoms with Crippen molar-refractivity contribution < 1.29 is 39.2 Å². The summed E-state index contributed by atoms with van der Waals surface area (Å²) in [6, 6.07) is 9.42. The minimum atomic E-state index is -2.42. The van der Waals surface area contributed by atoms with Gasteiger partial charge in [-0.05, 0) is 6.92 Å². The van der Waals surface area contributed by atoms with Crippen molar-refractivity contribution >= 4 is 17.5 Å². The Hall–Kier alpha value is -3.39. The van der Waals surface area contributed by atoms with Crippen molar-refractivity contribution in [1.29, 1.82) is 0 Å². The predicted octanol–water partition coefficient (Wildman–Crippen LogP) is 1.06. The number of esters is 1. The van der Waals surface area contributed by atoms with E-state index in [4.69, 9.17) is 9.47 Å². The van der Waals surface area contributed by atoms with Gasteiger partial charge in [-0.15, -0.1) is 0 Å². The first kappa shape index (κ1) is 18.4. The van der Waals surface area contributed by atoms with Crippen molar-refractivity contribution in [1.82, 2.24) is 0 Å². The number of benzene rings is 2. The van der Waals surface area contributed by atoms with Crippen LogP contribution < -0.4 is 4.74 Å². The number of rotatable bonds is 4. The Labute approximate surface area is 153 Å². The molecule has 0 saturated heterocycles. The highest BCUT2D eigenvalue weighted by Crippen LogP contribution is 2.45. The molecule has 0 aliphatic carbocycles. The van der Waals surface area contributed by atoms with Crippen LogP contribution >= 0.6 is 0 Å². The second-order valence-corrected chi connectivity index (χ2v) is 5.86. The first-order valence-corrected chi connectivity index (χ1v) is 8.07.